The Morgan fingerprint density at radius 2 is 1.77 bits per heavy atom. The minimum absolute atomic E-state index is 0.239. The van der Waals surface area contributed by atoms with E-state index in [2.05, 4.69) is 10.3 Å². The third kappa shape index (κ3) is 6.72. The second kappa shape index (κ2) is 12.0. The van der Waals surface area contributed by atoms with Crippen LogP contribution in [0.4, 0.5) is 11.4 Å². The predicted molar refractivity (Wildman–Crippen MR) is 154 cm³/mol. The van der Waals surface area contributed by atoms with Crippen molar-refractivity contribution in [1.29, 1.82) is 0 Å². The number of aliphatic imine (C=N–C) groups is 1. The second-order valence-corrected chi connectivity index (χ2v) is 9.95. The highest BCUT2D eigenvalue weighted by Gasteiger charge is 2.26. The second-order valence-electron chi connectivity index (χ2n) is 8.96. The van der Waals surface area contributed by atoms with Crippen molar-refractivity contribution in [3.05, 3.63) is 78.2 Å². The van der Waals surface area contributed by atoms with Crippen LogP contribution in [-0.2, 0) is 16.7 Å². The number of nitrogens with zero attached hydrogens (tertiary/aromatic N) is 2. The van der Waals surface area contributed by atoms with Gasteiger partial charge in [0, 0.05) is 36.1 Å². The molecule has 39 heavy (non-hydrogen) atoms. The number of methoxy groups -OCH3 is 2. The molecule has 2 aromatic rings. The number of nitrogens with one attached hydrogen (secondary N) is 1. The molecular formula is C27H32N6O5S. The molecule has 1 aliphatic carbocycles. The summed E-state index contributed by atoms with van der Waals surface area (Å²) >= 11 is 0. The molecule has 2 aromatic carbocycles. The van der Waals surface area contributed by atoms with E-state index >= 15 is 0 Å². The highest BCUT2D eigenvalue weighted by atomic mass is 32.2. The van der Waals surface area contributed by atoms with E-state index < -0.39 is 16.0 Å². The van der Waals surface area contributed by atoms with Crippen LogP contribution in [-0.4, -0.2) is 52.3 Å². The molecule has 4 rings (SSSR count). The van der Waals surface area contributed by atoms with Crippen molar-refractivity contribution < 1.29 is 22.6 Å². The molecular weight excluding hydrogens is 520 g/mol. The topological polar surface area (TPSA) is 168 Å². The van der Waals surface area contributed by atoms with Crippen LogP contribution in [0.5, 0.6) is 17.2 Å². The molecule has 1 unspecified atom stereocenters. The summed E-state index contributed by atoms with van der Waals surface area (Å²) in [6.07, 6.45) is 9.25. The quantitative estimate of drug-likeness (QED) is 0.251. The molecule has 11 nitrogen and oxygen atoms in total. The largest absolute Gasteiger partial charge is 0.493 e. The van der Waals surface area contributed by atoms with E-state index in [-0.39, 0.29) is 12.6 Å². The Kier molecular flexibility index (Phi) is 8.47. The van der Waals surface area contributed by atoms with Crippen molar-refractivity contribution >= 4 is 32.5 Å². The zero-order valence-corrected chi connectivity index (χ0v) is 22.6. The summed E-state index contributed by atoms with van der Waals surface area (Å²) in [5.74, 6) is 1.67. The van der Waals surface area contributed by atoms with Gasteiger partial charge in [-0.3, -0.25) is 0 Å². The van der Waals surface area contributed by atoms with Crippen LogP contribution >= 0.6 is 0 Å². The van der Waals surface area contributed by atoms with E-state index in [4.69, 9.17) is 31.4 Å². The fourth-order valence-electron chi connectivity index (χ4n) is 4.33. The number of allylic oxidation sites excluding steroid dienone is 3. The molecule has 0 spiro atoms. The van der Waals surface area contributed by atoms with Gasteiger partial charge in [-0.15, -0.1) is 0 Å². The Labute approximate surface area is 228 Å². The summed E-state index contributed by atoms with van der Waals surface area (Å²) in [7, 11) is 0.855. The fourth-order valence-corrected chi connectivity index (χ4v) is 4.72. The summed E-state index contributed by atoms with van der Waals surface area (Å²) in [4.78, 5) is 6.33. The molecule has 206 valence electrons. The third-order valence-corrected chi connectivity index (χ3v) is 6.94. The van der Waals surface area contributed by atoms with Crippen molar-refractivity contribution in [2.45, 2.75) is 18.5 Å². The number of anilines is 2. The van der Waals surface area contributed by atoms with Crippen molar-refractivity contribution in [1.82, 2.24) is 5.32 Å². The molecule has 1 heterocycles. The maximum atomic E-state index is 11.3. The first-order valence-electron chi connectivity index (χ1n) is 12.1. The summed E-state index contributed by atoms with van der Waals surface area (Å²) < 4.78 is 40.1. The fraction of sp³-hybridized carbons (Fsp3) is 0.259. The van der Waals surface area contributed by atoms with Crippen molar-refractivity contribution in [3.8, 4) is 17.2 Å². The summed E-state index contributed by atoms with van der Waals surface area (Å²) in [6, 6.07) is 11.1. The standard InChI is InChI=1S/C27H32N6O5S/c1-36-23-15-18(17-27(30)11-12-31-26(29)32-27)16-24(37-2)25(23)38-14-13-33(20-5-3-19(28)4-6-20)21-7-9-22(10-8-21)39(34)35/h3-9,11-12,15-16H,10,13-14,17,28,30H2,1-2H3,(H3,29,31,32). The van der Waals surface area contributed by atoms with Crippen LogP contribution in [0, 0.1) is 0 Å². The smallest absolute Gasteiger partial charge is 0.217 e. The normalized spacial score (nSPS) is 18.1. The molecule has 2 aliphatic rings. The van der Waals surface area contributed by atoms with Crippen LogP contribution in [0.3, 0.4) is 0 Å². The summed E-state index contributed by atoms with van der Waals surface area (Å²) in [5.41, 5.74) is 20.4. The molecule has 0 saturated heterocycles. The number of nitrogen functional groups attached to an aromatic ring is 1. The van der Waals surface area contributed by atoms with Crippen molar-refractivity contribution in [2.24, 2.45) is 16.5 Å². The zero-order valence-electron chi connectivity index (χ0n) is 21.8. The van der Waals surface area contributed by atoms with Crippen LogP contribution in [0.2, 0.25) is 0 Å². The summed E-state index contributed by atoms with van der Waals surface area (Å²) in [5, 5.41) is 2.98. The van der Waals surface area contributed by atoms with E-state index in [1.807, 2.05) is 47.4 Å². The van der Waals surface area contributed by atoms with Gasteiger partial charge < -0.3 is 41.6 Å². The van der Waals surface area contributed by atoms with Crippen LogP contribution in [0.25, 0.3) is 0 Å². The number of hydrogen-bond donors (Lipinski definition) is 4. The van der Waals surface area contributed by atoms with Crippen LogP contribution in [0.15, 0.2) is 77.6 Å². The van der Waals surface area contributed by atoms with Gasteiger partial charge in [-0.05, 0) is 60.2 Å². The van der Waals surface area contributed by atoms with Gasteiger partial charge in [0.1, 0.15) is 12.3 Å². The van der Waals surface area contributed by atoms with Crippen LogP contribution < -0.4 is 41.6 Å². The number of benzene rings is 2. The van der Waals surface area contributed by atoms with Gasteiger partial charge in [0.2, 0.25) is 16.0 Å². The first-order valence-corrected chi connectivity index (χ1v) is 13.2. The molecule has 1 atom stereocenters. The number of hydrogen-bond acceptors (Lipinski definition) is 11. The van der Waals surface area contributed by atoms with E-state index in [1.54, 1.807) is 38.6 Å². The van der Waals surface area contributed by atoms with Gasteiger partial charge in [-0.1, -0.05) is 6.08 Å². The Balaban J connectivity index is 1.54. The molecule has 0 amide bonds. The molecule has 0 fully saturated rings. The van der Waals surface area contributed by atoms with Crippen LogP contribution in [0.1, 0.15) is 12.0 Å². The minimum Gasteiger partial charge on any atom is -0.493 e. The lowest BCUT2D eigenvalue weighted by atomic mass is 9.99. The predicted octanol–water partition coefficient (Wildman–Crippen LogP) is 1.70. The Morgan fingerprint density at radius 3 is 2.33 bits per heavy atom. The first-order chi connectivity index (χ1) is 18.7. The number of ether oxygens (including phenoxy) is 3. The lowest BCUT2D eigenvalue weighted by Crippen LogP contribution is -2.59. The number of rotatable bonds is 10. The first kappa shape index (κ1) is 27.6. The van der Waals surface area contributed by atoms with Gasteiger partial charge in [0.05, 0.1) is 25.6 Å². The van der Waals surface area contributed by atoms with Gasteiger partial charge in [0.15, 0.2) is 17.5 Å². The Morgan fingerprint density at radius 1 is 1.08 bits per heavy atom. The highest BCUT2D eigenvalue weighted by Crippen LogP contribution is 2.39. The Hall–Kier alpha value is -4.42. The third-order valence-electron chi connectivity index (χ3n) is 6.21. The molecule has 7 N–H and O–H groups in total. The van der Waals surface area contributed by atoms with E-state index in [9.17, 15) is 8.42 Å². The van der Waals surface area contributed by atoms with Gasteiger partial charge in [-0.2, -0.15) is 8.42 Å². The minimum atomic E-state index is -2.25. The highest BCUT2D eigenvalue weighted by molar-refractivity contribution is 7.73. The number of guanidine groups is 1. The molecule has 0 aromatic heterocycles. The molecule has 0 bridgehead atoms. The van der Waals surface area contributed by atoms with Gasteiger partial charge in [-0.25, -0.2) is 4.99 Å². The van der Waals surface area contributed by atoms with Gasteiger partial charge in [0.25, 0.3) is 0 Å². The molecule has 1 aliphatic heterocycles. The average Bonchev–Trinajstić information content (AvgIpc) is 2.91. The lowest BCUT2D eigenvalue weighted by Gasteiger charge is -2.30. The van der Waals surface area contributed by atoms with Gasteiger partial charge >= 0.3 is 0 Å². The monoisotopic (exact) mass is 552 g/mol. The SMILES string of the molecule is COc1cc(CC2(N)C=CN=C(N)N2)cc(OC)c1OCCN(C1=CCC(=S(=O)=O)C=C1)c1ccc(N)cc1. The molecule has 0 radical (unpaired) electrons. The Bertz CT molecular complexity index is 1450. The number of nitrogens with two attached hydrogens (primary N) is 3. The summed E-state index contributed by atoms with van der Waals surface area (Å²) in [6.45, 7) is 0.715. The average molecular weight is 553 g/mol. The van der Waals surface area contributed by atoms with E-state index in [0.717, 1.165) is 16.9 Å². The molecule has 12 heteroatoms. The zero-order chi connectivity index (χ0) is 28.0. The maximum Gasteiger partial charge on any atom is 0.217 e. The maximum absolute atomic E-state index is 11.3. The van der Waals surface area contributed by atoms with E-state index in [0.29, 0.717) is 47.2 Å². The molecule has 0 saturated carbocycles. The van der Waals surface area contributed by atoms with E-state index in [1.165, 1.54) is 0 Å². The van der Waals surface area contributed by atoms with Crippen molar-refractivity contribution in [3.63, 3.8) is 0 Å². The van der Waals surface area contributed by atoms with Crippen molar-refractivity contribution in [2.75, 3.05) is 38.0 Å². The lowest BCUT2D eigenvalue weighted by molar-refractivity contribution is 0.280.